The van der Waals surface area contributed by atoms with Gasteiger partial charge < -0.3 is 15.4 Å². The largest absolute Gasteiger partial charge is 0.444 e. The Kier molecular flexibility index (Phi) is 5.45. The van der Waals surface area contributed by atoms with Gasteiger partial charge in [-0.15, -0.1) is 0 Å². The lowest BCUT2D eigenvalue weighted by atomic mass is 9.82. The molecule has 1 aliphatic rings. The summed E-state index contributed by atoms with van der Waals surface area (Å²) in [5.74, 6) is 0.875. The van der Waals surface area contributed by atoms with Crippen LogP contribution in [0.1, 0.15) is 53.9 Å². The van der Waals surface area contributed by atoms with Gasteiger partial charge in [-0.05, 0) is 59.4 Å². The van der Waals surface area contributed by atoms with Crippen LogP contribution in [0.2, 0.25) is 0 Å². The van der Waals surface area contributed by atoms with Crippen LogP contribution in [-0.2, 0) is 4.74 Å². The molecule has 0 radical (unpaired) electrons. The van der Waals surface area contributed by atoms with E-state index >= 15 is 0 Å². The Hall–Kier alpha value is -0.770. The molecule has 1 amide bonds. The van der Waals surface area contributed by atoms with Crippen LogP contribution in [-0.4, -0.2) is 30.3 Å². The lowest BCUT2D eigenvalue weighted by molar-refractivity contribution is 0.0506. The summed E-state index contributed by atoms with van der Waals surface area (Å²) in [6, 6.07) is 0.832. The molecule has 1 unspecified atom stereocenters. The van der Waals surface area contributed by atoms with Gasteiger partial charge in [-0.2, -0.15) is 0 Å². The summed E-state index contributed by atoms with van der Waals surface area (Å²) in [6.07, 6.45) is 3.18. The Morgan fingerprint density at radius 1 is 1.39 bits per heavy atom. The van der Waals surface area contributed by atoms with Gasteiger partial charge in [-0.1, -0.05) is 6.92 Å². The van der Waals surface area contributed by atoms with Crippen molar-refractivity contribution in [2.45, 2.75) is 71.6 Å². The molecule has 0 spiro atoms. The standard InChI is InChI=1S/C14H28N2O2/c1-10-8-12(9-10)15-7-6-11(2)16-13(17)18-14(3,4)5/h10-12,15H,6-9H2,1-5H3,(H,16,17). The second kappa shape index (κ2) is 6.41. The number of hydrogen-bond acceptors (Lipinski definition) is 3. The van der Waals surface area contributed by atoms with E-state index in [-0.39, 0.29) is 12.1 Å². The molecule has 1 aliphatic carbocycles. The molecule has 1 atom stereocenters. The predicted octanol–water partition coefficient (Wildman–Crippen LogP) is 2.68. The third kappa shape index (κ3) is 6.24. The second-order valence-corrected chi connectivity index (χ2v) is 6.56. The van der Waals surface area contributed by atoms with Gasteiger partial charge in [0.05, 0.1) is 0 Å². The highest BCUT2D eigenvalue weighted by Crippen LogP contribution is 2.26. The third-order valence-electron chi connectivity index (χ3n) is 3.15. The van der Waals surface area contributed by atoms with Crippen LogP contribution < -0.4 is 10.6 Å². The number of rotatable bonds is 5. The summed E-state index contributed by atoms with van der Waals surface area (Å²) in [4.78, 5) is 11.5. The van der Waals surface area contributed by atoms with Crippen molar-refractivity contribution in [1.82, 2.24) is 10.6 Å². The molecule has 0 bridgehead atoms. The minimum absolute atomic E-state index is 0.143. The fourth-order valence-corrected chi connectivity index (χ4v) is 2.15. The molecule has 0 aliphatic heterocycles. The highest BCUT2D eigenvalue weighted by atomic mass is 16.6. The zero-order valence-electron chi connectivity index (χ0n) is 12.4. The molecule has 18 heavy (non-hydrogen) atoms. The number of carbonyl (C=O) groups is 1. The Bertz CT molecular complexity index is 267. The van der Waals surface area contributed by atoms with Gasteiger partial charge in [0, 0.05) is 12.1 Å². The van der Waals surface area contributed by atoms with Gasteiger partial charge in [0.1, 0.15) is 5.60 Å². The SMILES string of the molecule is CC1CC(NCCC(C)NC(=O)OC(C)(C)C)C1. The van der Waals surface area contributed by atoms with Crippen molar-refractivity contribution in [3.8, 4) is 0 Å². The average Bonchev–Trinajstić information content (AvgIpc) is 2.11. The zero-order valence-corrected chi connectivity index (χ0v) is 12.4. The van der Waals surface area contributed by atoms with Gasteiger partial charge in [-0.25, -0.2) is 4.79 Å². The maximum atomic E-state index is 11.5. The van der Waals surface area contributed by atoms with Crippen molar-refractivity contribution in [3.63, 3.8) is 0 Å². The van der Waals surface area contributed by atoms with Gasteiger partial charge in [-0.3, -0.25) is 0 Å². The van der Waals surface area contributed by atoms with E-state index < -0.39 is 5.60 Å². The van der Waals surface area contributed by atoms with Crippen LogP contribution in [0.3, 0.4) is 0 Å². The van der Waals surface area contributed by atoms with Crippen LogP contribution in [0, 0.1) is 5.92 Å². The van der Waals surface area contributed by atoms with E-state index in [1.807, 2.05) is 27.7 Å². The van der Waals surface area contributed by atoms with Crippen molar-refractivity contribution in [3.05, 3.63) is 0 Å². The molecule has 2 N–H and O–H groups in total. The molecule has 4 heteroatoms. The molecule has 4 nitrogen and oxygen atoms in total. The molecular weight excluding hydrogens is 228 g/mol. The smallest absolute Gasteiger partial charge is 0.407 e. The summed E-state index contributed by atoms with van der Waals surface area (Å²) in [6.45, 7) is 10.9. The van der Waals surface area contributed by atoms with E-state index in [2.05, 4.69) is 17.6 Å². The van der Waals surface area contributed by atoms with Crippen LogP contribution >= 0.6 is 0 Å². The second-order valence-electron chi connectivity index (χ2n) is 6.56. The maximum Gasteiger partial charge on any atom is 0.407 e. The first-order valence-electron chi connectivity index (χ1n) is 6.99. The predicted molar refractivity (Wildman–Crippen MR) is 73.6 cm³/mol. The third-order valence-corrected chi connectivity index (χ3v) is 3.15. The summed E-state index contributed by atoms with van der Waals surface area (Å²) in [5, 5.41) is 6.36. The lowest BCUT2D eigenvalue weighted by Gasteiger charge is -2.33. The van der Waals surface area contributed by atoms with Gasteiger partial charge in [0.25, 0.3) is 0 Å². The van der Waals surface area contributed by atoms with Crippen LogP contribution in [0.15, 0.2) is 0 Å². The number of amides is 1. The summed E-state index contributed by atoms with van der Waals surface area (Å²) in [7, 11) is 0. The summed E-state index contributed by atoms with van der Waals surface area (Å²) >= 11 is 0. The van der Waals surface area contributed by atoms with E-state index in [4.69, 9.17) is 4.74 Å². The fourth-order valence-electron chi connectivity index (χ4n) is 2.15. The average molecular weight is 256 g/mol. The fraction of sp³-hybridized carbons (Fsp3) is 0.929. The molecule has 1 saturated carbocycles. The number of hydrogen-bond donors (Lipinski definition) is 2. The highest BCUT2D eigenvalue weighted by Gasteiger charge is 2.24. The van der Waals surface area contributed by atoms with Crippen molar-refractivity contribution in [1.29, 1.82) is 0 Å². The van der Waals surface area contributed by atoms with E-state index in [1.54, 1.807) is 0 Å². The monoisotopic (exact) mass is 256 g/mol. The lowest BCUT2D eigenvalue weighted by Crippen LogP contribution is -2.43. The summed E-state index contributed by atoms with van der Waals surface area (Å²) < 4.78 is 5.21. The van der Waals surface area contributed by atoms with Crippen LogP contribution in [0.4, 0.5) is 4.79 Å². The molecule has 0 heterocycles. The van der Waals surface area contributed by atoms with Crippen LogP contribution in [0.25, 0.3) is 0 Å². The van der Waals surface area contributed by atoms with E-state index in [0.29, 0.717) is 6.04 Å². The highest BCUT2D eigenvalue weighted by molar-refractivity contribution is 5.67. The first kappa shape index (κ1) is 15.3. The topological polar surface area (TPSA) is 50.4 Å². The normalized spacial score (nSPS) is 25.2. The molecule has 0 aromatic heterocycles. The van der Waals surface area contributed by atoms with E-state index in [9.17, 15) is 4.79 Å². The molecule has 0 aromatic rings. The molecule has 0 saturated heterocycles. The number of ether oxygens (including phenoxy) is 1. The minimum Gasteiger partial charge on any atom is -0.444 e. The Morgan fingerprint density at radius 2 is 2.00 bits per heavy atom. The van der Waals surface area contributed by atoms with E-state index in [0.717, 1.165) is 18.9 Å². The van der Waals surface area contributed by atoms with Gasteiger partial charge >= 0.3 is 6.09 Å². The van der Waals surface area contributed by atoms with Crippen molar-refractivity contribution in [2.24, 2.45) is 5.92 Å². The summed E-state index contributed by atoms with van der Waals surface area (Å²) in [5.41, 5.74) is -0.426. The number of alkyl carbamates (subject to hydrolysis) is 1. The quantitative estimate of drug-likeness (QED) is 0.795. The van der Waals surface area contributed by atoms with Gasteiger partial charge in [0.2, 0.25) is 0 Å². The molecule has 1 fully saturated rings. The van der Waals surface area contributed by atoms with Crippen molar-refractivity contribution < 1.29 is 9.53 Å². The number of nitrogens with one attached hydrogen (secondary N) is 2. The van der Waals surface area contributed by atoms with Crippen LogP contribution in [0.5, 0.6) is 0 Å². The molecule has 0 aromatic carbocycles. The Labute approximate surface area is 111 Å². The maximum absolute atomic E-state index is 11.5. The van der Waals surface area contributed by atoms with Crippen molar-refractivity contribution in [2.75, 3.05) is 6.54 Å². The van der Waals surface area contributed by atoms with Crippen molar-refractivity contribution >= 4 is 6.09 Å². The molecule has 1 rings (SSSR count). The van der Waals surface area contributed by atoms with E-state index in [1.165, 1.54) is 12.8 Å². The number of carbonyl (C=O) groups excluding carboxylic acids is 1. The Balaban J connectivity index is 2.06. The zero-order chi connectivity index (χ0) is 13.8. The molecule has 106 valence electrons. The first-order chi connectivity index (χ1) is 8.26. The Morgan fingerprint density at radius 3 is 2.50 bits per heavy atom. The van der Waals surface area contributed by atoms with Gasteiger partial charge in [0.15, 0.2) is 0 Å². The first-order valence-corrected chi connectivity index (χ1v) is 6.99. The minimum atomic E-state index is -0.426. The molecular formula is C14H28N2O2.